The maximum Gasteiger partial charge on any atom is 0.246 e. The summed E-state index contributed by atoms with van der Waals surface area (Å²) in [5, 5.41) is 0. The highest BCUT2D eigenvalue weighted by Crippen LogP contribution is 2.27. The molecule has 1 amide bonds. The van der Waals surface area contributed by atoms with E-state index in [2.05, 4.69) is 0 Å². The molecule has 1 heterocycles. The number of carbonyl (C=O) groups is 1. The van der Waals surface area contributed by atoms with Crippen LogP contribution in [0, 0.1) is 0 Å². The van der Waals surface area contributed by atoms with Crippen molar-refractivity contribution >= 4 is 12.0 Å². The van der Waals surface area contributed by atoms with E-state index >= 15 is 0 Å². The Hall–Kier alpha value is -2.69. The fraction of sp³-hybridized carbons (Fsp3) is 0.235. The minimum Gasteiger partial charge on any atom is -0.493 e. The molecular weight excluding hydrogens is 282 g/mol. The molecule has 1 aromatic carbocycles. The number of methoxy groups -OCH3 is 2. The molecule has 0 N–H and O–H groups in total. The molecule has 0 aliphatic heterocycles. The highest BCUT2D eigenvalue weighted by Gasteiger charge is 2.09. The predicted molar refractivity (Wildman–Crippen MR) is 83.8 cm³/mol. The van der Waals surface area contributed by atoms with Crippen LogP contribution in [0.15, 0.2) is 47.1 Å². The lowest BCUT2D eigenvalue weighted by atomic mass is 10.2. The normalized spacial score (nSPS) is 10.7. The molecule has 0 bridgehead atoms. The van der Waals surface area contributed by atoms with Crippen molar-refractivity contribution in [2.75, 3.05) is 21.3 Å². The lowest BCUT2D eigenvalue weighted by molar-refractivity contribution is -0.125. The number of nitrogens with zero attached hydrogens (tertiary/aromatic N) is 1. The lowest BCUT2D eigenvalue weighted by Crippen LogP contribution is -2.24. The van der Waals surface area contributed by atoms with Crippen LogP contribution in [0.25, 0.3) is 6.08 Å². The van der Waals surface area contributed by atoms with Gasteiger partial charge in [-0.1, -0.05) is 6.07 Å². The summed E-state index contributed by atoms with van der Waals surface area (Å²) in [7, 11) is 4.92. The van der Waals surface area contributed by atoms with Gasteiger partial charge in [-0.3, -0.25) is 4.79 Å². The van der Waals surface area contributed by atoms with E-state index in [4.69, 9.17) is 13.9 Å². The summed E-state index contributed by atoms with van der Waals surface area (Å²) in [6, 6.07) is 9.15. The number of rotatable bonds is 6. The monoisotopic (exact) mass is 301 g/mol. The van der Waals surface area contributed by atoms with E-state index in [0.29, 0.717) is 23.8 Å². The second kappa shape index (κ2) is 7.36. The van der Waals surface area contributed by atoms with Crippen LogP contribution in [0.4, 0.5) is 0 Å². The van der Waals surface area contributed by atoms with Crippen LogP contribution in [0.3, 0.4) is 0 Å². The molecular formula is C17H19NO4. The molecule has 116 valence electrons. The fourth-order valence-corrected chi connectivity index (χ4v) is 2.00. The molecule has 2 aromatic rings. The fourth-order valence-electron chi connectivity index (χ4n) is 2.00. The van der Waals surface area contributed by atoms with Crippen LogP contribution in [0.2, 0.25) is 0 Å². The lowest BCUT2D eigenvalue weighted by Gasteiger charge is -2.16. The van der Waals surface area contributed by atoms with Crippen molar-refractivity contribution in [3.05, 3.63) is 54.0 Å². The van der Waals surface area contributed by atoms with Crippen molar-refractivity contribution in [1.29, 1.82) is 0 Å². The Morgan fingerprint density at radius 3 is 2.64 bits per heavy atom. The first-order chi connectivity index (χ1) is 10.6. The molecule has 0 aliphatic carbocycles. The van der Waals surface area contributed by atoms with E-state index in [9.17, 15) is 4.79 Å². The van der Waals surface area contributed by atoms with Crippen LogP contribution < -0.4 is 9.47 Å². The van der Waals surface area contributed by atoms with Crippen molar-refractivity contribution in [2.45, 2.75) is 6.54 Å². The van der Waals surface area contributed by atoms with Crippen molar-refractivity contribution in [1.82, 2.24) is 4.90 Å². The van der Waals surface area contributed by atoms with Gasteiger partial charge in [0, 0.05) is 19.7 Å². The average Bonchev–Trinajstić information content (AvgIpc) is 3.05. The maximum absolute atomic E-state index is 12.1. The average molecular weight is 301 g/mol. The maximum atomic E-state index is 12.1. The number of benzene rings is 1. The highest BCUT2D eigenvalue weighted by molar-refractivity contribution is 5.91. The Bertz CT molecular complexity index is 647. The smallest absolute Gasteiger partial charge is 0.246 e. The van der Waals surface area contributed by atoms with Crippen LogP contribution in [0.1, 0.15) is 11.3 Å². The molecule has 0 unspecified atom stereocenters. The Labute approximate surface area is 129 Å². The van der Waals surface area contributed by atoms with E-state index in [1.807, 2.05) is 18.2 Å². The third kappa shape index (κ3) is 3.91. The van der Waals surface area contributed by atoms with E-state index < -0.39 is 0 Å². The van der Waals surface area contributed by atoms with Gasteiger partial charge >= 0.3 is 0 Å². The van der Waals surface area contributed by atoms with Gasteiger partial charge in [-0.2, -0.15) is 0 Å². The van der Waals surface area contributed by atoms with Crippen molar-refractivity contribution in [3.63, 3.8) is 0 Å². The van der Waals surface area contributed by atoms with Crippen molar-refractivity contribution < 1.29 is 18.7 Å². The first kappa shape index (κ1) is 15.7. The van der Waals surface area contributed by atoms with Gasteiger partial charge in [-0.05, 0) is 35.9 Å². The molecule has 22 heavy (non-hydrogen) atoms. The van der Waals surface area contributed by atoms with Gasteiger partial charge in [0.1, 0.15) is 5.76 Å². The molecule has 5 nitrogen and oxygen atoms in total. The molecule has 2 rings (SSSR count). The third-order valence-corrected chi connectivity index (χ3v) is 3.18. The van der Waals surface area contributed by atoms with E-state index in [1.165, 1.54) is 6.08 Å². The molecule has 5 heteroatoms. The number of hydrogen-bond acceptors (Lipinski definition) is 4. The van der Waals surface area contributed by atoms with E-state index in [0.717, 1.165) is 5.56 Å². The first-order valence-electron chi connectivity index (χ1n) is 6.81. The SMILES string of the molecule is COc1ccc(CN(C)C(=O)/C=C/c2ccco2)cc1OC. The minimum absolute atomic E-state index is 0.105. The number of furan rings is 1. The molecule has 0 aliphatic rings. The highest BCUT2D eigenvalue weighted by atomic mass is 16.5. The Balaban J connectivity index is 2.02. The standard InChI is InChI=1S/C17H19NO4/c1-18(17(19)9-7-14-5-4-10-22-14)12-13-6-8-15(20-2)16(11-13)21-3/h4-11H,12H2,1-3H3/b9-7+. The number of ether oxygens (including phenoxy) is 2. The Kier molecular flexibility index (Phi) is 5.25. The largest absolute Gasteiger partial charge is 0.493 e. The second-order valence-electron chi connectivity index (χ2n) is 4.73. The molecule has 0 radical (unpaired) electrons. The van der Waals surface area contributed by atoms with Gasteiger partial charge in [-0.25, -0.2) is 0 Å². The number of likely N-dealkylation sites (N-methyl/N-ethyl adjacent to an activating group) is 1. The third-order valence-electron chi connectivity index (χ3n) is 3.18. The topological polar surface area (TPSA) is 51.9 Å². The van der Waals surface area contributed by atoms with E-state index in [1.54, 1.807) is 50.6 Å². The predicted octanol–water partition coefficient (Wildman–Crippen LogP) is 2.97. The first-order valence-corrected chi connectivity index (χ1v) is 6.81. The summed E-state index contributed by atoms with van der Waals surface area (Å²) >= 11 is 0. The van der Waals surface area contributed by atoms with E-state index in [-0.39, 0.29) is 5.91 Å². The molecule has 0 saturated heterocycles. The van der Waals surface area contributed by atoms with Gasteiger partial charge < -0.3 is 18.8 Å². The molecule has 0 atom stereocenters. The summed E-state index contributed by atoms with van der Waals surface area (Å²) in [5.74, 6) is 1.85. The second-order valence-corrected chi connectivity index (χ2v) is 4.73. The van der Waals surface area contributed by atoms with Crippen LogP contribution in [0.5, 0.6) is 11.5 Å². The summed E-state index contributed by atoms with van der Waals surface area (Å²) < 4.78 is 15.6. The molecule has 1 aromatic heterocycles. The van der Waals surface area contributed by atoms with Gasteiger partial charge in [0.05, 0.1) is 20.5 Å². The molecule has 0 fully saturated rings. The van der Waals surface area contributed by atoms with Crippen molar-refractivity contribution in [3.8, 4) is 11.5 Å². The number of hydrogen-bond donors (Lipinski definition) is 0. The quantitative estimate of drug-likeness (QED) is 0.770. The summed E-state index contributed by atoms with van der Waals surface area (Å²) in [6.07, 6.45) is 4.70. The van der Waals surface area contributed by atoms with Crippen LogP contribution in [-0.4, -0.2) is 32.1 Å². The minimum atomic E-state index is -0.105. The molecule has 0 saturated carbocycles. The van der Waals surface area contributed by atoms with Crippen LogP contribution in [-0.2, 0) is 11.3 Å². The van der Waals surface area contributed by atoms with Gasteiger partial charge in [0.2, 0.25) is 5.91 Å². The van der Waals surface area contributed by atoms with Crippen molar-refractivity contribution in [2.24, 2.45) is 0 Å². The summed E-state index contributed by atoms with van der Waals surface area (Å²) in [6.45, 7) is 0.474. The zero-order valence-electron chi connectivity index (χ0n) is 12.9. The van der Waals surface area contributed by atoms with Gasteiger partial charge in [-0.15, -0.1) is 0 Å². The zero-order valence-corrected chi connectivity index (χ0v) is 12.9. The summed E-state index contributed by atoms with van der Waals surface area (Å²) in [4.78, 5) is 13.7. The zero-order chi connectivity index (χ0) is 15.9. The van der Waals surface area contributed by atoms with Crippen LogP contribution >= 0.6 is 0 Å². The van der Waals surface area contributed by atoms with Gasteiger partial charge in [0.25, 0.3) is 0 Å². The Morgan fingerprint density at radius 2 is 2.00 bits per heavy atom. The Morgan fingerprint density at radius 1 is 1.23 bits per heavy atom. The van der Waals surface area contributed by atoms with Gasteiger partial charge in [0.15, 0.2) is 11.5 Å². The number of amides is 1. The molecule has 0 spiro atoms. The number of carbonyl (C=O) groups excluding carboxylic acids is 1. The summed E-state index contributed by atoms with van der Waals surface area (Å²) in [5.41, 5.74) is 0.958.